The van der Waals surface area contributed by atoms with Crippen LogP contribution in [0.15, 0.2) is 0 Å². The second-order valence-corrected chi connectivity index (χ2v) is 13.6. The molecule has 0 bridgehead atoms. The van der Waals surface area contributed by atoms with Gasteiger partial charge in [0.25, 0.3) is 0 Å². The van der Waals surface area contributed by atoms with Crippen molar-refractivity contribution in [1.82, 2.24) is 0 Å². The molecule has 0 saturated heterocycles. The van der Waals surface area contributed by atoms with E-state index >= 15 is 0 Å². The molecule has 0 heterocycles. The Morgan fingerprint density at radius 1 is 1.00 bits per heavy atom. The van der Waals surface area contributed by atoms with Crippen LogP contribution in [-0.2, 0) is 4.12 Å². The van der Waals surface area contributed by atoms with Crippen LogP contribution in [0.5, 0.6) is 0 Å². The summed E-state index contributed by atoms with van der Waals surface area (Å²) in [6.07, 6.45) is 0. The molecule has 0 saturated carbocycles. The van der Waals surface area contributed by atoms with Crippen molar-refractivity contribution in [2.24, 2.45) is 0 Å². The molecule has 2 unspecified atom stereocenters. The zero-order valence-corrected chi connectivity index (χ0v) is 15.6. The lowest BCUT2D eigenvalue weighted by atomic mass is 10.9. The first-order chi connectivity index (χ1) is 8.02. The minimum absolute atomic E-state index is 0.173. The van der Waals surface area contributed by atoms with Gasteiger partial charge in [-0.15, -0.1) is 46.4 Å². The first-order valence-electron chi connectivity index (χ1n) is 5.96. The lowest BCUT2D eigenvalue weighted by molar-refractivity contribution is 0.533. The van der Waals surface area contributed by atoms with Crippen LogP contribution in [0.4, 0.5) is 0 Å². The summed E-state index contributed by atoms with van der Waals surface area (Å²) in [4.78, 5) is 0. The SMILES string of the molecule is CC[Si](CC)O[Si](CC)(C(Cl)CCl)C(Cl)CCl. The summed E-state index contributed by atoms with van der Waals surface area (Å²) in [5, 5.41) is -0.345. The Hall–Kier alpha value is 1.55. The molecule has 0 fully saturated rings. The van der Waals surface area contributed by atoms with E-state index in [4.69, 9.17) is 50.5 Å². The zero-order valence-electron chi connectivity index (χ0n) is 10.6. The maximum absolute atomic E-state index is 6.40. The summed E-state index contributed by atoms with van der Waals surface area (Å²) in [5.41, 5.74) is 0. The molecule has 0 aliphatic heterocycles. The van der Waals surface area contributed by atoms with Gasteiger partial charge in [0.1, 0.15) is 0 Å². The third-order valence-electron chi connectivity index (χ3n) is 3.01. The van der Waals surface area contributed by atoms with Gasteiger partial charge in [0.2, 0.25) is 8.32 Å². The average Bonchev–Trinajstić information content (AvgIpc) is 2.39. The van der Waals surface area contributed by atoms with E-state index in [0.717, 1.165) is 18.1 Å². The summed E-state index contributed by atoms with van der Waals surface area (Å²) in [7, 11) is -3.09. The first-order valence-corrected chi connectivity index (χ1v) is 12.0. The minimum atomic E-state index is -2.27. The molecule has 103 valence electrons. The van der Waals surface area contributed by atoms with Gasteiger partial charge in [0, 0.05) is 11.8 Å². The van der Waals surface area contributed by atoms with E-state index in [0.29, 0.717) is 11.8 Å². The normalized spacial score (nSPS) is 19.1. The van der Waals surface area contributed by atoms with E-state index in [1.807, 2.05) is 0 Å². The molecule has 0 aromatic carbocycles. The lowest BCUT2D eigenvalue weighted by Gasteiger charge is -2.39. The largest absolute Gasteiger partial charge is 0.453 e. The Labute approximate surface area is 128 Å². The van der Waals surface area contributed by atoms with E-state index < -0.39 is 17.4 Å². The molecule has 0 spiro atoms. The molecular formula is C10H21Cl4OSi2. The molecule has 1 radical (unpaired) electrons. The lowest BCUT2D eigenvalue weighted by Crippen LogP contribution is -2.59. The second-order valence-electron chi connectivity index (χ2n) is 3.90. The Morgan fingerprint density at radius 2 is 1.41 bits per heavy atom. The number of alkyl halides is 4. The van der Waals surface area contributed by atoms with Crippen LogP contribution in [0.2, 0.25) is 18.1 Å². The summed E-state index contributed by atoms with van der Waals surface area (Å²) in [6.45, 7) is 6.39. The number of halogens is 4. The Kier molecular flexibility index (Phi) is 10.3. The van der Waals surface area contributed by atoms with E-state index in [1.54, 1.807) is 0 Å². The molecular weight excluding hydrogens is 334 g/mol. The van der Waals surface area contributed by atoms with Crippen molar-refractivity contribution in [3.8, 4) is 0 Å². The third-order valence-corrected chi connectivity index (χ3v) is 14.9. The molecule has 0 amide bonds. The molecule has 17 heavy (non-hydrogen) atoms. The predicted octanol–water partition coefficient (Wildman–Crippen LogP) is 4.77. The van der Waals surface area contributed by atoms with Crippen LogP contribution >= 0.6 is 46.4 Å². The van der Waals surface area contributed by atoms with E-state index in [1.165, 1.54) is 0 Å². The van der Waals surface area contributed by atoms with Gasteiger partial charge in [-0.1, -0.05) is 20.8 Å². The summed E-state index contributed by atoms with van der Waals surface area (Å²) in [5.74, 6) is 0.759. The number of hydrogen-bond donors (Lipinski definition) is 0. The maximum Gasteiger partial charge on any atom is 0.217 e. The highest BCUT2D eigenvalue weighted by Crippen LogP contribution is 2.31. The van der Waals surface area contributed by atoms with Crippen LogP contribution < -0.4 is 0 Å². The Balaban J connectivity index is 5.03. The quantitative estimate of drug-likeness (QED) is 0.428. The fourth-order valence-electron chi connectivity index (χ4n) is 1.76. The zero-order chi connectivity index (χ0) is 13.5. The van der Waals surface area contributed by atoms with E-state index in [-0.39, 0.29) is 10.0 Å². The Morgan fingerprint density at radius 3 is 1.65 bits per heavy atom. The van der Waals surface area contributed by atoms with Crippen molar-refractivity contribution in [2.45, 2.75) is 48.9 Å². The van der Waals surface area contributed by atoms with Crippen molar-refractivity contribution < 1.29 is 4.12 Å². The monoisotopic (exact) mass is 353 g/mol. The molecule has 0 aromatic heterocycles. The fraction of sp³-hybridized carbons (Fsp3) is 1.00. The van der Waals surface area contributed by atoms with Gasteiger partial charge in [0.05, 0.1) is 10.0 Å². The highest BCUT2D eigenvalue weighted by molar-refractivity contribution is 6.92. The summed E-state index contributed by atoms with van der Waals surface area (Å²) in [6, 6.07) is 2.99. The van der Waals surface area contributed by atoms with Crippen molar-refractivity contribution in [3.05, 3.63) is 0 Å². The third kappa shape index (κ3) is 4.86. The van der Waals surface area contributed by atoms with Crippen molar-refractivity contribution >= 4 is 63.8 Å². The molecule has 0 rings (SSSR count). The van der Waals surface area contributed by atoms with Gasteiger partial charge in [-0.3, -0.25) is 0 Å². The molecule has 2 atom stereocenters. The smallest absolute Gasteiger partial charge is 0.217 e. The molecule has 0 aromatic rings. The summed E-state index contributed by atoms with van der Waals surface area (Å²) < 4.78 is 6.40. The number of hydrogen-bond acceptors (Lipinski definition) is 1. The Bertz CT molecular complexity index is 195. The van der Waals surface area contributed by atoms with Gasteiger partial charge in [-0.2, -0.15) is 0 Å². The highest BCUT2D eigenvalue weighted by Gasteiger charge is 2.47. The second kappa shape index (κ2) is 9.46. The van der Waals surface area contributed by atoms with Gasteiger partial charge < -0.3 is 4.12 Å². The standard InChI is InChI=1S/C10H21Cl4OSi2/c1-4-16(5-2)15-17(6-3,9(13)7-11)10(14)8-12/h9-10H,4-8H2,1-3H3. The average molecular weight is 355 g/mol. The van der Waals surface area contributed by atoms with Crippen LogP contribution in [-0.4, -0.2) is 39.1 Å². The molecule has 0 N–H and O–H groups in total. The van der Waals surface area contributed by atoms with Gasteiger partial charge >= 0.3 is 0 Å². The maximum atomic E-state index is 6.40. The molecule has 0 aliphatic carbocycles. The predicted molar refractivity (Wildman–Crippen MR) is 84.8 cm³/mol. The van der Waals surface area contributed by atoms with Crippen molar-refractivity contribution in [1.29, 1.82) is 0 Å². The van der Waals surface area contributed by atoms with Crippen molar-refractivity contribution in [2.75, 3.05) is 11.8 Å². The minimum Gasteiger partial charge on any atom is -0.453 e. The topological polar surface area (TPSA) is 9.23 Å². The van der Waals surface area contributed by atoms with E-state index in [9.17, 15) is 0 Å². The van der Waals surface area contributed by atoms with Gasteiger partial charge in [0.15, 0.2) is 9.04 Å². The molecule has 7 heteroatoms. The molecule has 1 nitrogen and oxygen atoms in total. The van der Waals surface area contributed by atoms with Crippen LogP contribution in [0.25, 0.3) is 0 Å². The van der Waals surface area contributed by atoms with Crippen LogP contribution in [0.1, 0.15) is 20.8 Å². The highest BCUT2D eigenvalue weighted by atomic mass is 35.5. The fourth-order valence-corrected chi connectivity index (χ4v) is 13.4. The first kappa shape index (κ1) is 18.6. The molecule has 0 aliphatic rings. The van der Waals surface area contributed by atoms with Crippen molar-refractivity contribution in [3.63, 3.8) is 0 Å². The van der Waals surface area contributed by atoms with Crippen LogP contribution in [0.3, 0.4) is 0 Å². The van der Waals surface area contributed by atoms with Gasteiger partial charge in [-0.05, 0) is 18.1 Å². The van der Waals surface area contributed by atoms with Gasteiger partial charge in [-0.25, -0.2) is 0 Å². The number of rotatable bonds is 9. The summed E-state index contributed by atoms with van der Waals surface area (Å²) >= 11 is 24.6. The van der Waals surface area contributed by atoms with E-state index in [2.05, 4.69) is 20.8 Å². The van der Waals surface area contributed by atoms with Crippen LogP contribution in [0, 0.1) is 0 Å².